The van der Waals surface area contributed by atoms with Gasteiger partial charge < -0.3 is 15.6 Å². The standard InChI is InChI=1S/C24H30N2O4.ClH/c1-16-12-17(2)14-18(13-16)15-30-23(26-10-8-20(9-11-26)24(28)29)21(22(25)27)19-6-4-3-5-7-19;/h3-7,12-14,20-21,23H,8-11,15H2,1-2H3,(H2,25,27)(H,28,29);1H. The fourth-order valence-electron chi connectivity index (χ4n) is 4.28. The molecule has 1 amide bonds. The lowest BCUT2D eigenvalue weighted by molar-refractivity contribution is -0.148. The first-order valence-corrected chi connectivity index (χ1v) is 10.3. The number of amides is 1. The van der Waals surface area contributed by atoms with Gasteiger partial charge in [0.2, 0.25) is 5.91 Å². The molecule has 3 rings (SSSR count). The van der Waals surface area contributed by atoms with Crippen LogP contribution in [0.1, 0.15) is 41.0 Å². The third-order valence-electron chi connectivity index (χ3n) is 5.69. The van der Waals surface area contributed by atoms with E-state index in [1.165, 1.54) is 0 Å². The Kier molecular flexibility index (Phi) is 9.04. The van der Waals surface area contributed by atoms with Crippen LogP contribution < -0.4 is 5.73 Å². The van der Waals surface area contributed by atoms with E-state index < -0.39 is 24.0 Å². The molecule has 7 heteroatoms. The van der Waals surface area contributed by atoms with Gasteiger partial charge >= 0.3 is 5.97 Å². The zero-order valence-corrected chi connectivity index (χ0v) is 18.8. The Bertz CT molecular complexity index is 862. The third-order valence-corrected chi connectivity index (χ3v) is 5.69. The Morgan fingerprint density at radius 1 is 1.10 bits per heavy atom. The highest BCUT2D eigenvalue weighted by Crippen LogP contribution is 2.29. The number of aryl methyl sites for hydroxylation is 2. The topological polar surface area (TPSA) is 92.9 Å². The van der Waals surface area contributed by atoms with Crippen molar-refractivity contribution in [3.05, 3.63) is 70.8 Å². The van der Waals surface area contributed by atoms with Crippen molar-refractivity contribution in [1.29, 1.82) is 0 Å². The average Bonchev–Trinajstić information content (AvgIpc) is 2.71. The summed E-state index contributed by atoms with van der Waals surface area (Å²) < 4.78 is 6.33. The van der Waals surface area contributed by atoms with E-state index in [-0.39, 0.29) is 18.3 Å². The zero-order valence-electron chi connectivity index (χ0n) is 18.0. The number of ether oxygens (including phenoxy) is 1. The molecule has 1 saturated heterocycles. The summed E-state index contributed by atoms with van der Waals surface area (Å²) in [6.07, 6.45) is 0.498. The minimum Gasteiger partial charge on any atom is -0.481 e. The summed E-state index contributed by atoms with van der Waals surface area (Å²) in [6, 6.07) is 15.7. The summed E-state index contributed by atoms with van der Waals surface area (Å²) in [7, 11) is 0. The maximum atomic E-state index is 12.5. The number of carbonyl (C=O) groups is 2. The second kappa shape index (κ2) is 11.3. The van der Waals surface area contributed by atoms with Gasteiger partial charge in [-0.25, -0.2) is 0 Å². The van der Waals surface area contributed by atoms with Crippen molar-refractivity contribution < 1.29 is 19.4 Å². The van der Waals surface area contributed by atoms with Gasteiger partial charge in [-0.2, -0.15) is 0 Å². The molecule has 0 saturated carbocycles. The molecule has 1 heterocycles. The lowest BCUT2D eigenvalue weighted by atomic mass is 9.92. The molecule has 3 N–H and O–H groups in total. The highest BCUT2D eigenvalue weighted by atomic mass is 35.5. The molecule has 1 aliphatic heterocycles. The number of aliphatic carboxylic acids is 1. The summed E-state index contributed by atoms with van der Waals surface area (Å²) in [5.41, 5.74) is 9.98. The van der Waals surface area contributed by atoms with Crippen LogP contribution in [0, 0.1) is 19.8 Å². The van der Waals surface area contributed by atoms with Gasteiger partial charge in [-0.1, -0.05) is 59.7 Å². The Labute approximate surface area is 189 Å². The third kappa shape index (κ3) is 6.53. The number of nitrogens with two attached hydrogens (primary N) is 1. The van der Waals surface area contributed by atoms with Crippen LogP contribution in [-0.2, 0) is 20.9 Å². The normalized spacial score (nSPS) is 16.8. The molecule has 168 valence electrons. The van der Waals surface area contributed by atoms with Crippen LogP contribution in [0.2, 0.25) is 0 Å². The maximum absolute atomic E-state index is 12.5. The Morgan fingerprint density at radius 3 is 2.19 bits per heavy atom. The van der Waals surface area contributed by atoms with E-state index >= 15 is 0 Å². The number of benzene rings is 2. The van der Waals surface area contributed by atoms with E-state index in [0.29, 0.717) is 32.5 Å². The second-order valence-corrected chi connectivity index (χ2v) is 8.14. The fraction of sp³-hybridized carbons (Fsp3) is 0.417. The molecule has 2 aromatic rings. The number of piperidine rings is 1. The maximum Gasteiger partial charge on any atom is 0.306 e. The molecule has 1 fully saturated rings. The van der Waals surface area contributed by atoms with Crippen molar-refractivity contribution in [2.75, 3.05) is 13.1 Å². The number of halogens is 1. The van der Waals surface area contributed by atoms with E-state index in [9.17, 15) is 14.7 Å². The molecular weight excluding hydrogens is 416 g/mol. The molecule has 0 spiro atoms. The van der Waals surface area contributed by atoms with E-state index in [4.69, 9.17) is 10.5 Å². The number of carboxylic acids is 1. The number of nitrogens with zero attached hydrogens (tertiary/aromatic N) is 1. The number of rotatable bonds is 8. The molecule has 0 aromatic heterocycles. The first-order valence-electron chi connectivity index (χ1n) is 10.3. The van der Waals surface area contributed by atoms with Crippen LogP contribution in [0.15, 0.2) is 48.5 Å². The monoisotopic (exact) mass is 446 g/mol. The lowest BCUT2D eigenvalue weighted by Gasteiger charge is -2.39. The van der Waals surface area contributed by atoms with Crippen LogP contribution in [0.3, 0.4) is 0 Å². The van der Waals surface area contributed by atoms with Crippen LogP contribution in [0.5, 0.6) is 0 Å². The SMILES string of the molecule is Cc1cc(C)cc(COC(C(C(N)=O)c2ccccc2)N2CCC(C(=O)O)CC2)c1.Cl. The number of likely N-dealkylation sites (tertiary alicyclic amines) is 1. The molecule has 31 heavy (non-hydrogen) atoms. The van der Waals surface area contributed by atoms with Crippen molar-refractivity contribution in [2.45, 2.75) is 45.4 Å². The van der Waals surface area contributed by atoms with Gasteiger partial charge in [0.25, 0.3) is 0 Å². The van der Waals surface area contributed by atoms with E-state index in [1.807, 2.05) is 44.2 Å². The van der Waals surface area contributed by atoms with Crippen LogP contribution in [0.25, 0.3) is 0 Å². The first-order chi connectivity index (χ1) is 14.3. The molecule has 0 aliphatic carbocycles. The molecule has 0 bridgehead atoms. The largest absolute Gasteiger partial charge is 0.481 e. The Hall–Kier alpha value is -2.41. The van der Waals surface area contributed by atoms with Gasteiger partial charge in [-0.3, -0.25) is 14.5 Å². The van der Waals surface area contributed by atoms with Gasteiger partial charge in [0.05, 0.1) is 12.5 Å². The Balaban J connectivity index is 0.00000341. The predicted molar refractivity (Wildman–Crippen MR) is 122 cm³/mol. The minimum atomic E-state index is -0.767. The molecule has 6 nitrogen and oxygen atoms in total. The van der Waals surface area contributed by atoms with Crippen molar-refractivity contribution in [3.63, 3.8) is 0 Å². The Morgan fingerprint density at radius 2 is 1.68 bits per heavy atom. The fourth-order valence-corrected chi connectivity index (χ4v) is 4.28. The van der Waals surface area contributed by atoms with Gasteiger partial charge in [-0.15, -0.1) is 12.4 Å². The van der Waals surface area contributed by atoms with Crippen molar-refractivity contribution >= 4 is 24.3 Å². The highest BCUT2D eigenvalue weighted by molar-refractivity contribution is 5.85. The summed E-state index contributed by atoms with van der Waals surface area (Å²) in [6.45, 7) is 5.53. The zero-order chi connectivity index (χ0) is 21.7. The molecular formula is C24H31ClN2O4. The second-order valence-electron chi connectivity index (χ2n) is 8.14. The van der Waals surface area contributed by atoms with E-state index in [0.717, 1.165) is 22.3 Å². The van der Waals surface area contributed by atoms with Crippen molar-refractivity contribution in [1.82, 2.24) is 4.90 Å². The number of carbonyl (C=O) groups excluding carboxylic acids is 1. The van der Waals surface area contributed by atoms with Crippen molar-refractivity contribution in [2.24, 2.45) is 11.7 Å². The smallest absolute Gasteiger partial charge is 0.306 e. The summed E-state index contributed by atoms with van der Waals surface area (Å²) in [5, 5.41) is 9.32. The van der Waals surface area contributed by atoms with Crippen LogP contribution in [0.4, 0.5) is 0 Å². The summed E-state index contributed by atoms with van der Waals surface area (Å²) in [4.78, 5) is 25.9. The van der Waals surface area contributed by atoms with E-state index in [2.05, 4.69) is 23.1 Å². The number of hydrogen-bond acceptors (Lipinski definition) is 4. The first kappa shape index (κ1) is 24.9. The van der Waals surface area contributed by atoms with Crippen LogP contribution in [-0.4, -0.2) is 41.2 Å². The van der Waals surface area contributed by atoms with Gasteiger partial charge in [0.1, 0.15) is 12.1 Å². The summed E-state index contributed by atoms with van der Waals surface area (Å²) >= 11 is 0. The van der Waals surface area contributed by atoms with Gasteiger partial charge in [0, 0.05) is 13.1 Å². The number of carboxylic acid groups (broad SMARTS) is 1. The quantitative estimate of drug-likeness (QED) is 0.645. The van der Waals surface area contributed by atoms with E-state index in [1.54, 1.807) is 0 Å². The number of primary amides is 1. The average molecular weight is 447 g/mol. The van der Waals surface area contributed by atoms with Crippen LogP contribution >= 0.6 is 12.4 Å². The molecule has 2 atom stereocenters. The lowest BCUT2D eigenvalue weighted by Crippen LogP contribution is -2.49. The number of hydrogen-bond donors (Lipinski definition) is 2. The highest BCUT2D eigenvalue weighted by Gasteiger charge is 2.36. The molecule has 2 aromatic carbocycles. The van der Waals surface area contributed by atoms with Crippen molar-refractivity contribution in [3.8, 4) is 0 Å². The molecule has 0 radical (unpaired) electrons. The summed E-state index contributed by atoms with van der Waals surface area (Å²) in [5.74, 6) is -2.22. The van der Waals surface area contributed by atoms with Gasteiger partial charge in [0.15, 0.2) is 0 Å². The minimum absolute atomic E-state index is 0. The molecule has 2 unspecified atom stereocenters. The van der Waals surface area contributed by atoms with Gasteiger partial charge in [-0.05, 0) is 37.8 Å². The predicted octanol–water partition coefficient (Wildman–Crippen LogP) is 3.63. The molecule has 1 aliphatic rings.